The Morgan fingerprint density at radius 3 is 2.45 bits per heavy atom. The summed E-state index contributed by atoms with van der Waals surface area (Å²) >= 11 is 1.19. The molecule has 0 radical (unpaired) electrons. The van der Waals surface area contributed by atoms with E-state index < -0.39 is 10.0 Å². The number of carbonyl (C=O) groups is 1. The number of amides is 1. The third-order valence-corrected chi connectivity index (χ3v) is 8.81. The van der Waals surface area contributed by atoms with Gasteiger partial charge < -0.3 is 10.1 Å². The lowest BCUT2D eigenvalue weighted by Gasteiger charge is -2.25. The standard InChI is InChI=1S/C22H31N3O4S2/c1-4-24(17(2)3)16-18-5-7-19(8-6-18)22(26)23-15-20-9-10-21(30-20)31(27,28)25-11-13-29-14-12-25/h5-10,17H,4,11-16H2,1-3H3,(H,23,26). The number of thiophene rings is 1. The smallest absolute Gasteiger partial charge is 0.252 e. The SMILES string of the molecule is CCN(Cc1ccc(C(=O)NCc2ccc(S(=O)(=O)N3CCOCC3)s2)cc1)C(C)C. The Bertz CT molecular complexity index is 965. The van der Waals surface area contributed by atoms with Crippen LogP contribution < -0.4 is 5.32 Å². The van der Waals surface area contributed by atoms with Gasteiger partial charge in [0.1, 0.15) is 4.21 Å². The fraction of sp³-hybridized carbons (Fsp3) is 0.500. The quantitative estimate of drug-likeness (QED) is 0.616. The first-order valence-electron chi connectivity index (χ1n) is 10.6. The predicted molar refractivity (Wildman–Crippen MR) is 123 cm³/mol. The number of nitrogens with one attached hydrogen (secondary N) is 1. The zero-order chi connectivity index (χ0) is 22.4. The second-order valence-corrected chi connectivity index (χ2v) is 11.1. The molecule has 0 bridgehead atoms. The van der Waals surface area contributed by atoms with Crippen molar-refractivity contribution in [2.45, 2.75) is 44.1 Å². The van der Waals surface area contributed by atoms with Crippen LogP contribution >= 0.6 is 11.3 Å². The van der Waals surface area contributed by atoms with Crippen LogP contribution in [0.3, 0.4) is 0 Å². The van der Waals surface area contributed by atoms with Crippen LogP contribution in [-0.2, 0) is 27.8 Å². The number of benzene rings is 1. The minimum atomic E-state index is -3.50. The molecule has 0 unspecified atom stereocenters. The molecule has 0 saturated carbocycles. The maximum Gasteiger partial charge on any atom is 0.252 e. The predicted octanol–water partition coefficient (Wildman–Crippen LogP) is 2.93. The van der Waals surface area contributed by atoms with E-state index in [4.69, 9.17) is 4.74 Å². The maximum atomic E-state index is 12.7. The molecule has 2 heterocycles. The van der Waals surface area contributed by atoms with Crippen LogP contribution in [0.2, 0.25) is 0 Å². The number of sulfonamides is 1. The van der Waals surface area contributed by atoms with E-state index in [1.165, 1.54) is 21.2 Å². The summed E-state index contributed by atoms with van der Waals surface area (Å²) in [6.45, 7) is 10.2. The van der Waals surface area contributed by atoms with Gasteiger partial charge in [0.25, 0.3) is 15.9 Å². The van der Waals surface area contributed by atoms with Crippen molar-refractivity contribution in [3.63, 3.8) is 0 Å². The van der Waals surface area contributed by atoms with Gasteiger partial charge in [0.2, 0.25) is 0 Å². The van der Waals surface area contributed by atoms with Gasteiger partial charge in [0, 0.05) is 36.1 Å². The molecule has 1 aliphatic rings. The largest absolute Gasteiger partial charge is 0.379 e. The highest BCUT2D eigenvalue weighted by atomic mass is 32.2. The second-order valence-electron chi connectivity index (χ2n) is 7.77. The summed E-state index contributed by atoms with van der Waals surface area (Å²) in [5.41, 5.74) is 1.76. The van der Waals surface area contributed by atoms with Gasteiger partial charge in [-0.15, -0.1) is 11.3 Å². The zero-order valence-corrected chi connectivity index (χ0v) is 20.0. The first-order valence-corrected chi connectivity index (χ1v) is 12.8. The number of rotatable bonds is 9. The summed E-state index contributed by atoms with van der Waals surface area (Å²) in [6, 6.07) is 11.5. The molecule has 1 aromatic heterocycles. The molecule has 1 fully saturated rings. The molecule has 1 N–H and O–H groups in total. The number of morpholine rings is 1. The van der Waals surface area contributed by atoms with Crippen LogP contribution in [0.25, 0.3) is 0 Å². The fourth-order valence-corrected chi connectivity index (χ4v) is 6.29. The van der Waals surface area contributed by atoms with E-state index in [9.17, 15) is 13.2 Å². The van der Waals surface area contributed by atoms with Gasteiger partial charge in [0.15, 0.2) is 0 Å². The highest BCUT2D eigenvalue weighted by Gasteiger charge is 2.27. The second kappa shape index (κ2) is 10.7. The summed E-state index contributed by atoms with van der Waals surface area (Å²) in [4.78, 5) is 15.7. The van der Waals surface area contributed by atoms with Gasteiger partial charge in [-0.1, -0.05) is 19.1 Å². The van der Waals surface area contributed by atoms with Gasteiger partial charge >= 0.3 is 0 Å². The van der Waals surface area contributed by atoms with E-state index in [2.05, 4.69) is 31.0 Å². The number of nitrogens with zero attached hydrogens (tertiary/aromatic N) is 2. The van der Waals surface area contributed by atoms with Gasteiger partial charge in [-0.05, 0) is 50.2 Å². The third kappa shape index (κ3) is 6.14. The molecular weight excluding hydrogens is 434 g/mol. The van der Waals surface area contributed by atoms with Crippen LogP contribution in [0.1, 0.15) is 41.6 Å². The maximum absolute atomic E-state index is 12.7. The lowest BCUT2D eigenvalue weighted by Crippen LogP contribution is -2.40. The minimum Gasteiger partial charge on any atom is -0.379 e. The Morgan fingerprint density at radius 1 is 1.16 bits per heavy atom. The van der Waals surface area contributed by atoms with Gasteiger partial charge in [-0.3, -0.25) is 9.69 Å². The molecule has 0 spiro atoms. The Morgan fingerprint density at radius 2 is 1.84 bits per heavy atom. The summed E-state index contributed by atoms with van der Waals surface area (Å²) in [6.07, 6.45) is 0. The molecule has 1 aliphatic heterocycles. The fourth-order valence-electron chi connectivity index (χ4n) is 3.43. The molecule has 1 amide bonds. The van der Waals surface area contributed by atoms with Crippen LogP contribution in [0.15, 0.2) is 40.6 Å². The van der Waals surface area contributed by atoms with Crippen molar-refractivity contribution in [2.24, 2.45) is 0 Å². The van der Waals surface area contributed by atoms with Crippen molar-refractivity contribution in [1.29, 1.82) is 0 Å². The van der Waals surface area contributed by atoms with E-state index >= 15 is 0 Å². The Hall–Kier alpha value is -1.78. The van der Waals surface area contributed by atoms with Gasteiger partial charge in [-0.25, -0.2) is 8.42 Å². The van der Waals surface area contributed by atoms with Crippen LogP contribution in [0.4, 0.5) is 0 Å². The van der Waals surface area contributed by atoms with Crippen molar-refractivity contribution in [1.82, 2.24) is 14.5 Å². The number of hydrogen-bond donors (Lipinski definition) is 1. The van der Waals surface area contributed by atoms with Crippen molar-refractivity contribution in [2.75, 3.05) is 32.8 Å². The van der Waals surface area contributed by atoms with E-state index in [0.717, 1.165) is 18.0 Å². The third-order valence-electron chi connectivity index (χ3n) is 5.36. The highest BCUT2D eigenvalue weighted by molar-refractivity contribution is 7.91. The average Bonchev–Trinajstić information content (AvgIpc) is 3.26. The topological polar surface area (TPSA) is 79.0 Å². The summed E-state index contributed by atoms with van der Waals surface area (Å²) in [5.74, 6) is -0.172. The van der Waals surface area contributed by atoms with E-state index in [-0.39, 0.29) is 5.91 Å². The van der Waals surface area contributed by atoms with E-state index in [1.807, 2.05) is 24.3 Å². The molecule has 3 rings (SSSR count). The number of carbonyl (C=O) groups excluding carboxylic acids is 1. The van der Waals surface area contributed by atoms with Crippen molar-refractivity contribution >= 4 is 27.3 Å². The molecule has 0 aliphatic carbocycles. The summed E-state index contributed by atoms with van der Waals surface area (Å²) in [5, 5.41) is 2.88. The lowest BCUT2D eigenvalue weighted by atomic mass is 10.1. The first kappa shape index (κ1) is 23.9. The van der Waals surface area contributed by atoms with E-state index in [0.29, 0.717) is 48.7 Å². The van der Waals surface area contributed by atoms with Crippen LogP contribution in [-0.4, -0.2) is 62.4 Å². The number of hydrogen-bond acceptors (Lipinski definition) is 6. The molecule has 9 heteroatoms. The molecule has 31 heavy (non-hydrogen) atoms. The highest BCUT2D eigenvalue weighted by Crippen LogP contribution is 2.25. The van der Waals surface area contributed by atoms with E-state index in [1.54, 1.807) is 12.1 Å². The minimum absolute atomic E-state index is 0.172. The molecule has 0 atom stereocenters. The molecular formula is C22H31N3O4S2. The first-order chi connectivity index (χ1) is 14.8. The van der Waals surface area contributed by atoms with Crippen molar-refractivity contribution in [3.05, 3.63) is 52.4 Å². The lowest BCUT2D eigenvalue weighted by molar-refractivity contribution is 0.0731. The van der Waals surface area contributed by atoms with Crippen LogP contribution in [0, 0.1) is 0 Å². The average molecular weight is 466 g/mol. The molecule has 1 saturated heterocycles. The molecule has 1 aromatic carbocycles. The molecule has 2 aromatic rings. The van der Waals surface area contributed by atoms with Crippen molar-refractivity contribution < 1.29 is 17.9 Å². The normalized spacial score (nSPS) is 15.5. The van der Waals surface area contributed by atoms with Crippen LogP contribution in [0.5, 0.6) is 0 Å². The van der Waals surface area contributed by atoms with Crippen molar-refractivity contribution in [3.8, 4) is 0 Å². The summed E-state index contributed by atoms with van der Waals surface area (Å²) in [7, 11) is -3.50. The monoisotopic (exact) mass is 465 g/mol. The van der Waals surface area contributed by atoms with Gasteiger partial charge in [0.05, 0.1) is 19.8 Å². The zero-order valence-electron chi connectivity index (χ0n) is 18.3. The Kier molecular flexibility index (Phi) is 8.23. The molecule has 170 valence electrons. The number of ether oxygens (including phenoxy) is 1. The molecule has 7 nitrogen and oxygen atoms in total. The Balaban J connectivity index is 1.56. The van der Waals surface area contributed by atoms with Gasteiger partial charge in [-0.2, -0.15) is 4.31 Å². The Labute approximate surface area is 189 Å². The summed E-state index contributed by atoms with van der Waals surface area (Å²) < 4.78 is 32.4.